The zero-order valence-electron chi connectivity index (χ0n) is 31.0. The number of hydrogen-bond acceptors (Lipinski definition) is 7. The average molecular weight is 737 g/mol. The lowest BCUT2D eigenvalue weighted by atomic mass is 9.90. The van der Waals surface area contributed by atoms with Crippen LogP contribution >= 0.6 is 0 Å². The van der Waals surface area contributed by atoms with E-state index in [1.807, 2.05) is 84.9 Å². The van der Waals surface area contributed by atoms with Crippen molar-refractivity contribution >= 4 is 12.0 Å². The van der Waals surface area contributed by atoms with E-state index in [4.69, 9.17) is 23.7 Å². The fourth-order valence-electron chi connectivity index (χ4n) is 7.37. The second kappa shape index (κ2) is 16.7. The number of nitrogens with one attached hydrogen (secondary N) is 1. The van der Waals surface area contributed by atoms with E-state index in [2.05, 4.69) is 42.7 Å². The topological polar surface area (TPSA) is 95.6 Å². The van der Waals surface area contributed by atoms with Crippen molar-refractivity contribution in [1.82, 2.24) is 10.2 Å². The summed E-state index contributed by atoms with van der Waals surface area (Å²) in [7, 11) is 3.26. The largest absolute Gasteiger partial charge is 0.497 e. The van der Waals surface area contributed by atoms with Gasteiger partial charge in [0, 0.05) is 24.1 Å². The molecule has 1 heterocycles. The normalized spacial score (nSPS) is 14.7. The van der Waals surface area contributed by atoms with Crippen molar-refractivity contribution < 1.29 is 33.3 Å². The van der Waals surface area contributed by atoms with E-state index in [1.165, 1.54) is 6.08 Å². The minimum Gasteiger partial charge on any atom is -0.497 e. The van der Waals surface area contributed by atoms with E-state index in [0.717, 1.165) is 56.0 Å². The number of methoxy groups -OCH3 is 2. The van der Waals surface area contributed by atoms with Crippen molar-refractivity contribution in [2.45, 2.75) is 37.6 Å². The Hall–Kier alpha value is -6.48. The lowest BCUT2D eigenvalue weighted by molar-refractivity contribution is -0.134. The molecule has 0 saturated carbocycles. The molecule has 0 spiro atoms. The van der Waals surface area contributed by atoms with Gasteiger partial charge in [0.05, 0.1) is 20.3 Å². The second-order valence-electron chi connectivity index (χ2n) is 13.4. The summed E-state index contributed by atoms with van der Waals surface area (Å²) in [6, 6.07) is 33.9. The van der Waals surface area contributed by atoms with Crippen LogP contribution in [0.1, 0.15) is 45.3 Å². The number of fused-ring (bicyclic) bond motifs is 4. The molecule has 1 aliphatic carbocycles. The van der Waals surface area contributed by atoms with Gasteiger partial charge >= 0.3 is 6.09 Å². The van der Waals surface area contributed by atoms with E-state index < -0.39 is 18.2 Å². The summed E-state index contributed by atoms with van der Waals surface area (Å²) >= 11 is 0. The van der Waals surface area contributed by atoms with Gasteiger partial charge in [-0.05, 0) is 75.7 Å². The van der Waals surface area contributed by atoms with Crippen molar-refractivity contribution in [2.24, 2.45) is 0 Å². The highest BCUT2D eigenvalue weighted by molar-refractivity contribution is 5.88. The molecule has 0 bridgehead atoms. The van der Waals surface area contributed by atoms with Crippen LogP contribution in [-0.2, 0) is 29.2 Å². The zero-order chi connectivity index (χ0) is 38.3. The number of benzene rings is 5. The van der Waals surface area contributed by atoms with Gasteiger partial charge in [0.2, 0.25) is 5.91 Å². The molecule has 280 valence electrons. The Morgan fingerprint density at radius 2 is 1.36 bits per heavy atom. The third kappa shape index (κ3) is 7.92. The monoisotopic (exact) mass is 736 g/mol. The highest BCUT2D eigenvalue weighted by Crippen LogP contribution is 2.45. The lowest BCUT2D eigenvalue weighted by Crippen LogP contribution is -2.50. The molecule has 2 atom stereocenters. The molecule has 1 N–H and O–H groups in total. The van der Waals surface area contributed by atoms with Crippen LogP contribution in [0.5, 0.6) is 23.0 Å². The first-order valence-electron chi connectivity index (χ1n) is 18.3. The van der Waals surface area contributed by atoms with Gasteiger partial charge in [0.25, 0.3) is 0 Å². The zero-order valence-corrected chi connectivity index (χ0v) is 31.0. The van der Waals surface area contributed by atoms with Gasteiger partial charge in [0.1, 0.15) is 48.9 Å². The minimum atomic E-state index is -1.03. The number of nitrogens with zero attached hydrogens (tertiary/aromatic N) is 1. The number of carbonyl (C=O) groups excluding carboxylic acids is 2. The number of ether oxygens (including phenoxy) is 5. The van der Waals surface area contributed by atoms with Crippen LogP contribution in [0.2, 0.25) is 0 Å². The van der Waals surface area contributed by atoms with Crippen LogP contribution < -0.4 is 24.3 Å². The maximum atomic E-state index is 14.2. The molecule has 0 unspecified atom stereocenters. The van der Waals surface area contributed by atoms with E-state index in [1.54, 1.807) is 25.2 Å². The lowest BCUT2D eigenvalue weighted by Gasteiger charge is -2.38. The maximum absolute atomic E-state index is 14.2. The third-order valence-electron chi connectivity index (χ3n) is 10.2. The van der Waals surface area contributed by atoms with Gasteiger partial charge in [-0.3, -0.25) is 4.79 Å². The van der Waals surface area contributed by atoms with Crippen molar-refractivity contribution in [3.8, 4) is 34.1 Å². The van der Waals surface area contributed by atoms with E-state index in [9.17, 15) is 9.59 Å². The molecular formula is C46H44N2O7. The quantitative estimate of drug-likeness (QED) is 0.114. The summed E-state index contributed by atoms with van der Waals surface area (Å²) in [6.07, 6.45) is 2.98. The van der Waals surface area contributed by atoms with Gasteiger partial charge < -0.3 is 33.9 Å². The molecule has 55 heavy (non-hydrogen) atoms. The van der Waals surface area contributed by atoms with Crippen LogP contribution in [-0.4, -0.2) is 50.3 Å². The van der Waals surface area contributed by atoms with Crippen molar-refractivity contribution in [3.63, 3.8) is 0 Å². The summed E-state index contributed by atoms with van der Waals surface area (Å²) in [5, 5.41) is 2.75. The highest BCUT2D eigenvalue weighted by Gasteiger charge is 2.36. The van der Waals surface area contributed by atoms with Crippen LogP contribution in [0.15, 0.2) is 135 Å². The SMILES string of the molecule is C=C[C@H](NC(=O)OCC1c2ccccc2-c2ccccc21)C(=O)N1CCc2cc(OCc3ccc(OC)cc3)cc(OCc3ccc(OC)cc3)c2[C@@H]1C=C. The van der Waals surface area contributed by atoms with Crippen LogP contribution in [0.25, 0.3) is 11.1 Å². The molecule has 9 nitrogen and oxygen atoms in total. The molecule has 2 amide bonds. The van der Waals surface area contributed by atoms with Gasteiger partial charge in [-0.1, -0.05) is 84.9 Å². The van der Waals surface area contributed by atoms with E-state index >= 15 is 0 Å². The Morgan fingerprint density at radius 1 is 0.782 bits per heavy atom. The van der Waals surface area contributed by atoms with Gasteiger partial charge in [0.15, 0.2) is 0 Å². The van der Waals surface area contributed by atoms with Crippen molar-refractivity contribution in [2.75, 3.05) is 27.4 Å². The Morgan fingerprint density at radius 3 is 1.93 bits per heavy atom. The van der Waals surface area contributed by atoms with Crippen molar-refractivity contribution in [1.29, 1.82) is 0 Å². The smallest absolute Gasteiger partial charge is 0.408 e. The number of alkyl carbamates (subject to hydrolysis) is 1. The van der Waals surface area contributed by atoms with E-state index in [-0.39, 0.29) is 25.0 Å². The summed E-state index contributed by atoms with van der Waals surface area (Å²) in [6.45, 7) is 9.12. The Balaban J connectivity index is 1.08. The molecule has 2 aliphatic rings. The minimum absolute atomic E-state index is 0.110. The number of hydrogen-bond donors (Lipinski definition) is 1. The molecular weight excluding hydrogens is 693 g/mol. The number of rotatable bonds is 14. The predicted octanol–water partition coefficient (Wildman–Crippen LogP) is 8.57. The van der Waals surface area contributed by atoms with Gasteiger partial charge in [-0.2, -0.15) is 0 Å². The fraction of sp³-hybridized carbons (Fsp3) is 0.217. The fourth-order valence-corrected chi connectivity index (χ4v) is 7.37. The predicted molar refractivity (Wildman–Crippen MR) is 212 cm³/mol. The van der Waals surface area contributed by atoms with Crippen LogP contribution in [0.4, 0.5) is 4.79 Å². The standard InChI is InChI=1S/C46H44N2O7/c1-5-41(47-46(50)55-29-40-38-13-9-7-11-36(38)37-12-8-10-14-39(37)40)45(49)48-24-23-32-25-35(53-27-30-15-19-33(51-3)20-16-30)26-43(44(32)42(48)6-2)54-28-31-17-21-34(52-4)22-18-31/h5-22,25-26,40-42H,1-2,23-24,27-29H2,3-4H3,(H,47,50)/t41-,42-/m0/s1. The van der Waals surface area contributed by atoms with Gasteiger partial charge in [-0.25, -0.2) is 4.79 Å². The van der Waals surface area contributed by atoms with Crippen LogP contribution in [0.3, 0.4) is 0 Å². The summed E-state index contributed by atoms with van der Waals surface area (Å²) < 4.78 is 29.2. The van der Waals surface area contributed by atoms with Crippen LogP contribution in [0, 0.1) is 0 Å². The molecule has 0 aromatic heterocycles. The Bertz CT molecular complexity index is 2130. The first-order valence-corrected chi connectivity index (χ1v) is 18.3. The first kappa shape index (κ1) is 36.9. The maximum Gasteiger partial charge on any atom is 0.408 e. The Labute approximate surface area is 321 Å². The first-order chi connectivity index (χ1) is 26.9. The highest BCUT2D eigenvalue weighted by atomic mass is 16.5. The van der Waals surface area contributed by atoms with E-state index in [0.29, 0.717) is 31.1 Å². The number of amides is 2. The molecule has 1 aliphatic heterocycles. The number of carbonyl (C=O) groups is 2. The average Bonchev–Trinajstić information content (AvgIpc) is 3.56. The molecule has 0 fully saturated rings. The van der Waals surface area contributed by atoms with Gasteiger partial charge in [-0.15, -0.1) is 13.2 Å². The molecule has 7 rings (SSSR count). The molecule has 9 heteroatoms. The summed E-state index contributed by atoms with van der Waals surface area (Å²) in [5.74, 6) is 2.29. The molecule has 0 radical (unpaired) electrons. The van der Waals surface area contributed by atoms with Crippen molar-refractivity contribution in [3.05, 3.63) is 168 Å². The molecule has 5 aromatic carbocycles. The Kier molecular flexibility index (Phi) is 11.2. The summed E-state index contributed by atoms with van der Waals surface area (Å²) in [4.78, 5) is 29.2. The third-order valence-corrected chi connectivity index (χ3v) is 10.2. The molecule has 0 saturated heterocycles. The molecule has 5 aromatic rings. The second-order valence-corrected chi connectivity index (χ2v) is 13.4. The summed E-state index contributed by atoms with van der Waals surface area (Å²) in [5.41, 5.74) is 8.19.